The maximum atomic E-state index is 13.2. The van der Waals surface area contributed by atoms with Crippen molar-refractivity contribution in [3.8, 4) is 6.01 Å². The van der Waals surface area contributed by atoms with Gasteiger partial charge < -0.3 is 9.84 Å². The van der Waals surface area contributed by atoms with E-state index in [4.69, 9.17) is 4.74 Å². The molecule has 0 aliphatic carbocycles. The first kappa shape index (κ1) is 22.2. The minimum absolute atomic E-state index is 0.00142. The third-order valence-electron chi connectivity index (χ3n) is 5.63. The first-order chi connectivity index (χ1) is 15.2. The maximum Gasteiger partial charge on any atom is 0.316 e. The Hall–Kier alpha value is -3.05. The summed E-state index contributed by atoms with van der Waals surface area (Å²) in [5, 5.41) is 14.6. The normalized spacial score (nSPS) is 19.5. The largest absolute Gasteiger partial charge is 0.481 e. The second-order valence-electron chi connectivity index (χ2n) is 7.98. The molecule has 10 nitrogen and oxygen atoms in total. The Kier molecular flexibility index (Phi) is 5.87. The van der Waals surface area contributed by atoms with Crippen molar-refractivity contribution in [2.45, 2.75) is 38.1 Å². The molecule has 2 atom stereocenters. The summed E-state index contributed by atoms with van der Waals surface area (Å²) in [4.78, 5) is 19.3. The highest BCUT2D eigenvalue weighted by Crippen LogP contribution is 2.34. The predicted molar refractivity (Wildman–Crippen MR) is 116 cm³/mol. The SMILES string of the molecule is CCOc1ncc(S(=O)(=O)N2C[C@@H](C)[C@@H](n3nc(CC(=O)O)c4ccc(C)cc43)C2)cn1. The Morgan fingerprint density at radius 2 is 1.97 bits per heavy atom. The van der Waals surface area contributed by atoms with E-state index < -0.39 is 16.0 Å². The monoisotopic (exact) mass is 459 g/mol. The third-order valence-corrected chi connectivity index (χ3v) is 7.41. The molecule has 2 aromatic heterocycles. The third kappa shape index (κ3) is 4.05. The van der Waals surface area contributed by atoms with Crippen LogP contribution in [0.25, 0.3) is 10.9 Å². The Morgan fingerprint density at radius 1 is 1.25 bits per heavy atom. The van der Waals surface area contributed by atoms with E-state index in [1.165, 1.54) is 16.7 Å². The Bertz CT molecular complexity index is 1260. The molecule has 1 fully saturated rings. The van der Waals surface area contributed by atoms with Crippen LogP contribution in [0.2, 0.25) is 0 Å². The van der Waals surface area contributed by atoms with Gasteiger partial charge in [-0.2, -0.15) is 9.40 Å². The van der Waals surface area contributed by atoms with Gasteiger partial charge in [0.15, 0.2) is 0 Å². The number of aromatic nitrogens is 4. The van der Waals surface area contributed by atoms with Gasteiger partial charge in [0.1, 0.15) is 4.90 Å². The molecule has 170 valence electrons. The Balaban J connectivity index is 1.66. The van der Waals surface area contributed by atoms with Crippen molar-refractivity contribution in [1.82, 2.24) is 24.1 Å². The smallest absolute Gasteiger partial charge is 0.316 e. The van der Waals surface area contributed by atoms with Gasteiger partial charge in [-0.1, -0.05) is 19.1 Å². The predicted octanol–water partition coefficient (Wildman–Crippen LogP) is 2.04. The number of hydrogen-bond acceptors (Lipinski definition) is 7. The quantitative estimate of drug-likeness (QED) is 0.569. The summed E-state index contributed by atoms with van der Waals surface area (Å²) < 4.78 is 34.8. The fraction of sp³-hybridized carbons (Fsp3) is 0.429. The van der Waals surface area contributed by atoms with E-state index in [9.17, 15) is 18.3 Å². The van der Waals surface area contributed by atoms with E-state index >= 15 is 0 Å². The lowest BCUT2D eigenvalue weighted by molar-refractivity contribution is -0.136. The fourth-order valence-electron chi connectivity index (χ4n) is 4.05. The zero-order chi connectivity index (χ0) is 23.0. The van der Waals surface area contributed by atoms with Gasteiger partial charge in [0, 0.05) is 18.5 Å². The number of aryl methyl sites for hydroxylation is 1. The molecule has 1 N–H and O–H groups in total. The number of carboxylic acid groups (broad SMARTS) is 1. The van der Waals surface area contributed by atoms with Crippen molar-refractivity contribution in [3.05, 3.63) is 41.9 Å². The molecule has 0 bridgehead atoms. The van der Waals surface area contributed by atoms with Crippen LogP contribution in [-0.4, -0.2) is 63.2 Å². The second-order valence-corrected chi connectivity index (χ2v) is 9.92. The summed E-state index contributed by atoms with van der Waals surface area (Å²) in [6, 6.07) is 5.64. The number of aliphatic carboxylic acids is 1. The molecule has 1 aromatic carbocycles. The molecule has 0 saturated carbocycles. The molecule has 0 spiro atoms. The molecule has 0 unspecified atom stereocenters. The standard InChI is InChI=1S/C21H25N5O5S/c1-4-31-21-22-9-15(10-23-21)32(29,30)25-11-14(3)19(12-25)26-18-7-13(2)5-6-16(18)17(24-26)8-20(27)28/h5-7,9-10,14,19H,4,8,11-12H2,1-3H3,(H,27,28)/t14-,19+/m1/s1. The zero-order valence-electron chi connectivity index (χ0n) is 18.1. The number of benzene rings is 1. The maximum absolute atomic E-state index is 13.2. The number of fused-ring (bicyclic) bond motifs is 1. The van der Waals surface area contributed by atoms with Crippen molar-refractivity contribution in [2.24, 2.45) is 5.92 Å². The summed E-state index contributed by atoms with van der Waals surface area (Å²) in [5.74, 6) is -0.994. The number of carboxylic acids is 1. The molecule has 1 aliphatic heterocycles. The number of carbonyl (C=O) groups is 1. The van der Waals surface area contributed by atoms with Crippen LogP contribution in [0.3, 0.4) is 0 Å². The summed E-state index contributed by atoms with van der Waals surface area (Å²) in [6.45, 7) is 6.62. The summed E-state index contributed by atoms with van der Waals surface area (Å²) >= 11 is 0. The molecule has 0 amide bonds. The van der Waals surface area contributed by atoms with Gasteiger partial charge in [-0.3, -0.25) is 9.48 Å². The number of nitrogens with zero attached hydrogens (tertiary/aromatic N) is 5. The highest BCUT2D eigenvalue weighted by Gasteiger charge is 2.39. The number of sulfonamides is 1. The minimum atomic E-state index is -3.80. The highest BCUT2D eigenvalue weighted by molar-refractivity contribution is 7.89. The van der Waals surface area contributed by atoms with Gasteiger partial charge in [0.25, 0.3) is 0 Å². The van der Waals surface area contributed by atoms with Crippen molar-refractivity contribution in [2.75, 3.05) is 19.7 Å². The fourth-order valence-corrected chi connectivity index (χ4v) is 5.50. The van der Waals surface area contributed by atoms with Gasteiger partial charge in [-0.25, -0.2) is 18.4 Å². The van der Waals surface area contributed by atoms with E-state index in [0.29, 0.717) is 18.8 Å². The molecule has 1 saturated heterocycles. The van der Waals surface area contributed by atoms with Crippen LogP contribution >= 0.6 is 0 Å². The van der Waals surface area contributed by atoms with E-state index in [1.807, 2.05) is 32.0 Å². The molecule has 1 aliphatic rings. The van der Waals surface area contributed by atoms with Crippen LogP contribution in [0, 0.1) is 12.8 Å². The minimum Gasteiger partial charge on any atom is -0.481 e. The Labute approximate surface area is 185 Å². The van der Waals surface area contributed by atoms with Gasteiger partial charge in [-0.05, 0) is 31.4 Å². The summed E-state index contributed by atoms with van der Waals surface area (Å²) in [5.41, 5.74) is 2.30. The van der Waals surface area contributed by atoms with Crippen molar-refractivity contribution < 1.29 is 23.1 Å². The average Bonchev–Trinajstić information content (AvgIpc) is 3.29. The zero-order valence-corrected chi connectivity index (χ0v) is 18.9. The summed E-state index contributed by atoms with van der Waals surface area (Å²) in [6.07, 6.45) is 2.31. The molecule has 3 heterocycles. The van der Waals surface area contributed by atoms with Crippen LogP contribution in [-0.2, 0) is 21.2 Å². The van der Waals surface area contributed by atoms with Crippen molar-refractivity contribution in [3.63, 3.8) is 0 Å². The van der Waals surface area contributed by atoms with Crippen molar-refractivity contribution in [1.29, 1.82) is 0 Å². The average molecular weight is 460 g/mol. The van der Waals surface area contributed by atoms with E-state index in [-0.39, 0.29) is 35.8 Å². The van der Waals surface area contributed by atoms with Crippen LogP contribution in [0.4, 0.5) is 0 Å². The first-order valence-corrected chi connectivity index (χ1v) is 11.8. The van der Waals surface area contributed by atoms with Gasteiger partial charge in [0.2, 0.25) is 10.0 Å². The van der Waals surface area contributed by atoms with Crippen LogP contribution in [0.1, 0.15) is 31.1 Å². The van der Waals surface area contributed by atoms with Crippen molar-refractivity contribution >= 4 is 26.9 Å². The number of ether oxygens (including phenoxy) is 1. The molecule has 11 heteroatoms. The number of rotatable bonds is 7. The molecular formula is C21H25N5O5S. The van der Waals surface area contributed by atoms with Gasteiger partial charge in [-0.15, -0.1) is 0 Å². The Morgan fingerprint density at radius 3 is 2.62 bits per heavy atom. The van der Waals surface area contributed by atoms with Crippen LogP contribution in [0.15, 0.2) is 35.5 Å². The van der Waals surface area contributed by atoms with E-state index in [1.54, 1.807) is 11.6 Å². The second kappa shape index (κ2) is 8.47. The molecule has 3 aromatic rings. The summed E-state index contributed by atoms with van der Waals surface area (Å²) in [7, 11) is -3.80. The van der Waals surface area contributed by atoms with Crippen LogP contribution in [0.5, 0.6) is 6.01 Å². The first-order valence-electron chi connectivity index (χ1n) is 10.3. The van der Waals surface area contributed by atoms with E-state index in [2.05, 4.69) is 15.1 Å². The highest BCUT2D eigenvalue weighted by atomic mass is 32.2. The lowest BCUT2D eigenvalue weighted by Crippen LogP contribution is -2.29. The van der Waals surface area contributed by atoms with Crippen LogP contribution < -0.4 is 4.74 Å². The van der Waals surface area contributed by atoms with E-state index in [0.717, 1.165) is 16.5 Å². The van der Waals surface area contributed by atoms with Gasteiger partial charge in [0.05, 0.1) is 42.7 Å². The topological polar surface area (TPSA) is 128 Å². The lowest BCUT2D eigenvalue weighted by atomic mass is 10.1. The van der Waals surface area contributed by atoms with Gasteiger partial charge >= 0.3 is 12.0 Å². The molecular weight excluding hydrogens is 434 g/mol. The molecule has 0 radical (unpaired) electrons. The molecule has 32 heavy (non-hydrogen) atoms. The number of hydrogen-bond donors (Lipinski definition) is 1. The molecule has 4 rings (SSSR count). The lowest BCUT2D eigenvalue weighted by Gasteiger charge is -2.17.